The van der Waals surface area contributed by atoms with E-state index in [0.717, 1.165) is 16.5 Å². The van der Waals surface area contributed by atoms with E-state index in [1.165, 1.54) is 4.88 Å². The Morgan fingerprint density at radius 3 is 2.81 bits per heavy atom. The standard InChI is InChI=1S/C14H16N6S/c1-10-8-16-14(21-10)11(2)15-9-13-17-18-19-20(13)12-6-4-3-5-7-12/h3-8,11,15H,9H2,1-2H3. The van der Waals surface area contributed by atoms with E-state index in [-0.39, 0.29) is 6.04 Å². The minimum atomic E-state index is 0.171. The first-order chi connectivity index (χ1) is 10.2. The lowest BCUT2D eigenvalue weighted by Gasteiger charge is -2.10. The van der Waals surface area contributed by atoms with Gasteiger partial charge in [0.25, 0.3) is 0 Å². The van der Waals surface area contributed by atoms with Crippen LogP contribution in [-0.4, -0.2) is 25.2 Å². The average molecular weight is 300 g/mol. The summed E-state index contributed by atoms with van der Waals surface area (Å²) in [7, 11) is 0. The molecular formula is C14H16N6S. The molecule has 2 heterocycles. The van der Waals surface area contributed by atoms with E-state index in [9.17, 15) is 0 Å². The van der Waals surface area contributed by atoms with Crippen LogP contribution in [0.15, 0.2) is 36.5 Å². The minimum Gasteiger partial charge on any atom is -0.301 e. The number of rotatable bonds is 5. The van der Waals surface area contributed by atoms with Crippen LogP contribution in [0.25, 0.3) is 5.69 Å². The van der Waals surface area contributed by atoms with Gasteiger partial charge in [-0.25, -0.2) is 4.98 Å². The van der Waals surface area contributed by atoms with Crippen LogP contribution in [0.2, 0.25) is 0 Å². The van der Waals surface area contributed by atoms with Gasteiger partial charge in [0.1, 0.15) is 5.01 Å². The van der Waals surface area contributed by atoms with Crippen LogP contribution in [0.3, 0.4) is 0 Å². The number of nitrogens with zero attached hydrogens (tertiary/aromatic N) is 5. The topological polar surface area (TPSA) is 68.5 Å². The summed E-state index contributed by atoms with van der Waals surface area (Å²) >= 11 is 1.70. The normalized spacial score (nSPS) is 12.5. The van der Waals surface area contributed by atoms with Crippen molar-refractivity contribution < 1.29 is 0 Å². The van der Waals surface area contributed by atoms with Crippen molar-refractivity contribution in [2.45, 2.75) is 26.4 Å². The molecule has 2 aromatic heterocycles. The van der Waals surface area contributed by atoms with Crippen LogP contribution in [0.4, 0.5) is 0 Å². The van der Waals surface area contributed by atoms with Gasteiger partial charge in [0.2, 0.25) is 0 Å². The summed E-state index contributed by atoms with van der Waals surface area (Å²) in [5, 5.41) is 16.4. The van der Waals surface area contributed by atoms with Gasteiger partial charge in [0.15, 0.2) is 5.82 Å². The van der Waals surface area contributed by atoms with E-state index in [1.807, 2.05) is 36.5 Å². The van der Waals surface area contributed by atoms with Crippen LogP contribution in [0, 0.1) is 6.92 Å². The molecular weight excluding hydrogens is 284 g/mol. The van der Waals surface area contributed by atoms with Crippen LogP contribution in [0.5, 0.6) is 0 Å². The zero-order valence-electron chi connectivity index (χ0n) is 11.9. The monoisotopic (exact) mass is 300 g/mol. The first kappa shape index (κ1) is 13.8. The molecule has 0 aliphatic heterocycles. The highest BCUT2D eigenvalue weighted by atomic mass is 32.1. The van der Waals surface area contributed by atoms with E-state index >= 15 is 0 Å². The van der Waals surface area contributed by atoms with E-state index in [1.54, 1.807) is 16.0 Å². The molecule has 21 heavy (non-hydrogen) atoms. The predicted molar refractivity (Wildman–Crippen MR) is 81.3 cm³/mol. The molecule has 108 valence electrons. The summed E-state index contributed by atoms with van der Waals surface area (Å²) in [6, 6.07) is 10.0. The Labute approximate surface area is 126 Å². The zero-order valence-corrected chi connectivity index (χ0v) is 12.7. The van der Waals surface area contributed by atoms with Gasteiger partial charge >= 0.3 is 0 Å². The van der Waals surface area contributed by atoms with E-state index in [4.69, 9.17) is 0 Å². The third-order valence-corrected chi connectivity index (χ3v) is 4.21. The van der Waals surface area contributed by atoms with E-state index in [0.29, 0.717) is 6.54 Å². The Kier molecular flexibility index (Phi) is 4.03. The predicted octanol–water partition coefficient (Wildman–Crippen LogP) is 2.28. The molecule has 0 aliphatic rings. The Hall–Kier alpha value is -2.12. The third kappa shape index (κ3) is 3.14. The molecule has 3 rings (SSSR count). The Morgan fingerprint density at radius 2 is 2.10 bits per heavy atom. The lowest BCUT2D eigenvalue weighted by atomic mass is 10.3. The SMILES string of the molecule is Cc1cnc(C(C)NCc2nnnn2-c2ccccc2)s1. The Balaban J connectivity index is 1.70. The van der Waals surface area contributed by atoms with E-state index < -0.39 is 0 Å². The molecule has 1 N–H and O–H groups in total. The van der Waals surface area contributed by atoms with Gasteiger partial charge in [-0.05, 0) is 36.4 Å². The second-order valence-corrected chi connectivity index (χ2v) is 6.02. The van der Waals surface area contributed by atoms with Gasteiger partial charge in [-0.3, -0.25) is 0 Å². The lowest BCUT2D eigenvalue weighted by Crippen LogP contribution is -2.20. The number of thiazole rings is 1. The first-order valence-electron chi connectivity index (χ1n) is 6.72. The van der Waals surface area contributed by atoms with Crippen molar-refractivity contribution in [1.82, 2.24) is 30.5 Å². The molecule has 1 aromatic carbocycles. The van der Waals surface area contributed by atoms with Crippen LogP contribution >= 0.6 is 11.3 Å². The van der Waals surface area contributed by atoms with Gasteiger partial charge in [-0.1, -0.05) is 18.2 Å². The molecule has 0 fully saturated rings. The molecule has 3 aromatic rings. The highest BCUT2D eigenvalue weighted by Gasteiger charge is 2.12. The van der Waals surface area contributed by atoms with Gasteiger partial charge in [-0.2, -0.15) is 4.68 Å². The molecule has 0 spiro atoms. The maximum absolute atomic E-state index is 4.39. The smallest absolute Gasteiger partial charge is 0.170 e. The fraction of sp³-hybridized carbons (Fsp3) is 0.286. The number of hydrogen-bond donors (Lipinski definition) is 1. The molecule has 0 radical (unpaired) electrons. The van der Waals surface area contributed by atoms with Crippen LogP contribution in [0.1, 0.15) is 28.7 Å². The van der Waals surface area contributed by atoms with Crippen molar-refractivity contribution in [2.24, 2.45) is 0 Å². The van der Waals surface area contributed by atoms with Crippen molar-refractivity contribution in [3.05, 3.63) is 52.2 Å². The number of tetrazole rings is 1. The van der Waals surface area contributed by atoms with E-state index in [2.05, 4.69) is 39.7 Å². The molecule has 0 saturated heterocycles. The fourth-order valence-corrected chi connectivity index (χ4v) is 2.79. The molecule has 0 bridgehead atoms. The van der Waals surface area contributed by atoms with Crippen LogP contribution < -0.4 is 5.32 Å². The molecule has 0 saturated carbocycles. The molecule has 1 unspecified atom stereocenters. The third-order valence-electron chi connectivity index (χ3n) is 3.11. The van der Waals surface area contributed by atoms with Gasteiger partial charge in [-0.15, -0.1) is 16.4 Å². The lowest BCUT2D eigenvalue weighted by molar-refractivity contribution is 0.548. The van der Waals surface area contributed by atoms with Crippen molar-refractivity contribution in [3.8, 4) is 5.69 Å². The molecule has 6 nitrogen and oxygen atoms in total. The molecule has 7 heteroatoms. The van der Waals surface area contributed by atoms with Gasteiger partial charge < -0.3 is 5.32 Å². The molecule has 1 atom stereocenters. The van der Waals surface area contributed by atoms with Crippen molar-refractivity contribution in [1.29, 1.82) is 0 Å². The number of para-hydroxylation sites is 1. The number of aryl methyl sites for hydroxylation is 1. The van der Waals surface area contributed by atoms with Gasteiger partial charge in [0, 0.05) is 11.1 Å². The highest BCUT2D eigenvalue weighted by molar-refractivity contribution is 7.11. The van der Waals surface area contributed by atoms with Crippen molar-refractivity contribution in [2.75, 3.05) is 0 Å². The molecule has 0 amide bonds. The van der Waals surface area contributed by atoms with Crippen LogP contribution in [-0.2, 0) is 6.54 Å². The highest BCUT2D eigenvalue weighted by Crippen LogP contribution is 2.19. The summed E-state index contributed by atoms with van der Waals surface area (Å²) < 4.78 is 1.74. The second-order valence-electron chi connectivity index (χ2n) is 4.75. The molecule has 0 aliphatic carbocycles. The Bertz CT molecular complexity index is 705. The Morgan fingerprint density at radius 1 is 1.29 bits per heavy atom. The summed E-state index contributed by atoms with van der Waals surface area (Å²) in [6.07, 6.45) is 1.90. The number of aromatic nitrogens is 5. The number of benzene rings is 1. The largest absolute Gasteiger partial charge is 0.301 e. The quantitative estimate of drug-likeness (QED) is 0.783. The van der Waals surface area contributed by atoms with Crippen molar-refractivity contribution >= 4 is 11.3 Å². The maximum Gasteiger partial charge on any atom is 0.170 e. The summed E-state index contributed by atoms with van der Waals surface area (Å²) in [6.45, 7) is 4.74. The maximum atomic E-state index is 4.39. The summed E-state index contributed by atoms with van der Waals surface area (Å²) in [5.74, 6) is 0.779. The fourth-order valence-electron chi connectivity index (χ4n) is 1.99. The van der Waals surface area contributed by atoms with Gasteiger partial charge in [0.05, 0.1) is 18.3 Å². The summed E-state index contributed by atoms with van der Waals surface area (Å²) in [5.41, 5.74) is 0.956. The first-order valence-corrected chi connectivity index (χ1v) is 7.54. The summed E-state index contributed by atoms with van der Waals surface area (Å²) in [4.78, 5) is 5.61. The number of hydrogen-bond acceptors (Lipinski definition) is 6. The average Bonchev–Trinajstić information content (AvgIpc) is 3.14. The second kappa shape index (κ2) is 6.11. The number of nitrogens with one attached hydrogen (secondary N) is 1. The van der Waals surface area contributed by atoms with Crippen molar-refractivity contribution in [3.63, 3.8) is 0 Å². The minimum absolute atomic E-state index is 0.171. The zero-order chi connectivity index (χ0) is 14.7.